The standard InChI is InChI=1S/C69H42N4O2/c1-3-15-44(16-4-1)67-70-68(45-33-31-43(32-34-45)53-25-13-26-56-55-24-8-10-29-62(55)75-66(53)56)72-69(71-67)57-27-14-30-64-65(57)59-42-51(36-38-63(59)74-64)49-20-12-18-47(40-49)46-17-11-19-48(39-46)50-35-37-61-58(41-50)54-23-7-9-28-60(54)73(61)52-21-5-2-6-22-52/h1-42H. The van der Waals surface area contributed by atoms with Gasteiger partial charge in [0.25, 0.3) is 0 Å². The van der Waals surface area contributed by atoms with Crippen molar-refractivity contribution in [2.75, 3.05) is 0 Å². The molecule has 0 bridgehead atoms. The lowest BCUT2D eigenvalue weighted by Gasteiger charge is -2.10. The highest BCUT2D eigenvalue weighted by atomic mass is 16.3. The Labute approximate surface area is 431 Å². The summed E-state index contributed by atoms with van der Waals surface area (Å²) >= 11 is 0. The zero-order valence-electron chi connectivity index (χ0n) is 40.4. The fourth-order valence-corrected chi connectivity index (χ4v) is 11.1. The molecule has 0 atom stereocenters. The third-order valence-corrected chi connectivity index (χ3v) is 14.7. The first-order chi connectivity index (χ1) is 37.1. The minimum Gasteiger partial charge on any atom is -0.456 e. The summed E-state index contributed by atoms with van der Waals surface area (Å²) in [6.07, 6.45) is 0. The predicted octanol–water partition coefficient (Wildman–Crippen LogP) is 18.4. The normalized spacial score (nSPS) is 11.7. The Morgan fingerprint density at radius 2 is 0.747 bits per heavy atom. The van der Waals surface area contributed by atoms with Crippen LogP contribution in [-0.2, 0) is 0 Å². The van der Waals surface area contributed by atoms with Crippen molar-refractivity contribution in [2.45, 2.75) is 0 Å². The van der Waals surface area contributed by atoms with Gasteiger partial charge in [0, 0.05) is 60.3 Å². The van der Waals surface area contributed by atoms with Gasteiger partial charge in [0.15, 0.2) is 17.5 Å². The molecule has 4 heterocycles. The summed E-state index contributed by atoms with van der Waals surface area (Å²) in [5, 5.41) is 6.61. The molecule has 0 spiro atoms. The van der Waals surface area contributed by atoms with Gasteiger partial charge in [-0.3, -0.25) is 0 Å². The van der Waals surface area contributed by atoms with Gasteiger partial charge in [-0.1, -0.05) is 188 Å². The van der Waals surface area contributed by atoms with Crippen molar-refractivity contribution in [3.8, 4) is 84.4 Å². The molecule has 15 aromatic rings. The molecule has 0 saturated carbocycles. The molecule has 0 aliphatic heterocycles. The van der Waals surface area contributed by atoms with Crippen molar-refractivity contribution >= 4 is 65.7 Å². The molecule has 6 heteroatoms. The first-order valence-electron chi connectivity index (χ1n) is 25.2. The maximum absolute atomic E-state index is 6.58. The maximum Gasteiger partial charge on any atom is 0.164 e. The number of nitrogens with zero attached hydrogens (tertiary/aromatic N) is 4. The second kappa shape index (κ2) is 17.3. The molecular formula is C69H42N4O2. The summed E-state index contributed by atoms with van der Waals surface area (Å²) in [5.41, 5.74) is 18.4. The van der Waals surface area contributed by atoms with Crippen molar-refractivity contribution in [1.82, 2.24) is 19.5 Å². The molecule has 0 saturated heterocycles. The summed E-state index contributed by atoms with van der Waals surface area (Å²) < 4.78 is 15.3. The Hall–Kier alpha value is -10.2. The van der Waals surface area contributed by atoms with E-state index >= 15 is 0 Å². The summed E-state index contributed by atoms with van der Waals surface area (Å²) in [6, 6.07) is 89.4. The number of hydrogen-bond acceptors (Lipinski definition) is 5. The maximum atomic E-state index is 6.58. The number of aromatic nitrogens is 4. The summed E-state index contributed by atoms with van der Waals surface area (Å²) in [7, 11) is 0. The Kier molecular flexibility index (Phi) is 9.78. The van der Waals surface area contributed by atoms with Crippen LogP contribution in [-0.4, -0.2) is 19.5 Å². The van der Waals surface area contributed by atoms with Crippen LogP contribution in [0.1, 0.15) is 0 Å². The number of hydrogen-bond donors (Lipinski definition) is 0. The highest BCUT2D eigenvalue weighted by Crippen LogP contribution is 2.41. The molecule has 75 heavy (non-hydrogen) atoms. The van der Waals surface area contributed by atoms with Crippen LogP contribution in [0.2, 0.25) is 0 Å². The van der Waals surface area contributed by atoms with Gasteiger partial charge in [0.05, 0.1) is 11.0 Å². The average Bonchev–Trinajstić information content (AvgIpc) is 4.18. The molecule has 0 amide bonds. The molecule has 0 aliphatic rings. The lowest BCUT2D eigenvalue weighted by Crippen LogP contribution is -2.00. The fraction of sp³-hybridized carbons (Fsp3) is 0. The molecule has 4 aromatic heterocycles. The lowest BCUT2D eigenvalue weighted by molar-refractivity contribution is 0.669. The number of para-hydroxylation sites is 4. The van der Waals surface area contributed by atoms with Gasteiger partial charge < -0.3 is 13.4 Å². The van der Waals surface area contributed by atoms with Crippen molar-refractivity contribution in [3.63, 3.8) is 0 Å². The third kappa shape index (κ3) is 7.22. The second-order valence-electron chi connectivity index (χ2n) is 19.1. The highest BCUT2D eigenvalue weighted by Gasteiger charge is 2.20. The molecule has 11 aromatic carbocycles. The minimum absolute atomic E-state index is 0.566. The third-order valence-electron chi connectivity index (χ3n) is 14.7. The van der Waals surface area contributed by atoms with Gasteiger partial charge >= 0.3 is 0 Å². The van der Waals surface area contributed by atoms with Crippen LogP contribution in [0.25, 0.3) is 150 Å². The lowest BCUT2D eigenvalue weighted by atomic mass is 9.95. The van der Waals surface area contributed by atoms with Gasteiger partial charge in [-0.25, -0.2) is 15.0 Å². The van der Waals surface area contributed by atoms with Crippen molar-refractivity contribution in [1.29, 1.82) is 0 Å². The smallest absolute Gasteiger partial charge is 0.164 e. The molecule has 0 unspecified atom stereocenters. The number of furan rings is 2. The molecule has 15 rings (SSSR count). The number of fused-ring (bicyclic) bond motifs is 9. The molecule has 0 N–H and O–H groups in total. The average molecular weight is 959 g/mol. The van der Waals surface area contributed by atoms with Gasteiger partial charge in [-0.05, 0) is 106 Å². The van der Waals surface area contributed by atoms with Crippen LogP contribution in [0.3, 0.4) is 0 Å². The van der Waals surface area contributed by atoms with Crippen LogP contribution in [0.15, 0.2) is 264 Å². The Morgan fingerprint density at radius 3 is 1.49 bits per heavy atom. The van der Waals surface area contributed by atoms with E-state index in [9.17, 15) is 0 Å². The molecular weight excluding hydrogens is 917 g/mol. The molecule has 0 aliphatic carbocycles. The van der Waals surface area contributed by atoms with Crippen molar-refractivity contribution < 1.29 is 8.83 Å². The van der Waals surface area contributed by atoms with Gasteiger partial charge in [-0.15, -0.1) is 0 Å². The summed E-state index contributed by atoms with van der Waals surface area (Å²) in [5.74, 6) is 1.74. The largest absolute Gasteiger partial charge is 0.456 e. The molecule has 0 fully saturated rings. The highest BCUT2D eigenvalue weighted by molar-refractivity contribution is 6.14. The molecule has 350 valence electrons. The monoisotopic (exact) mass is 958 g/mol. The quantitative estimate of drug-likeness (QED) is 0.152. The van der Waals surface area contributed by atoms with E-state index < -0.39 is 0 Å². The first kappa shape index (κ1) is 42.5. The van der Waals surface area contributed by atoms with E-state index in [0.717, 1.165) is 99.6 Å². The SMILES string of the molecule is c1ccc(-c2nc(-c3ccc(-c4cccc5c4oc4ccccc45)cc3)nc(-c3cccc4oc5ccc(-c6cccc(-c7cccc(-c8ccc9c(c8)c8ccccc8n9-c8ccccc8)c7)c6)cc5c34)n2)cc1. The van der Waals surface area contributed by atoms with E-state index in [1.54, 1.807) is 0 Å². The van der Waals surface area contributed by atoms with Crippen LogP contribution in [0.4, 0.5) is 0 Å². The van der Waals surface area contributed by atoms with Gasteiger partial charge in [0.2, 0.25) is 0 Å². The zero-order chi connectivity index (χ0) is 49.4. The second-order valence-corrected chi connectivity index (χ2v) is 19.1. The van der Waals surface area contributed by atoms with Crippen LogP contribution in [0.5, 0.6) is 0 Å². The summed E-state index contributed by atoms with van der Waals surface area (Å²) in [6.45, 7) is 0. The Balaban J connectivity index is 0.792. The van der Waals surface area contributed by atoms with Crippen LogP contribution >= 0.6 is 0 Å². The van der Waals surface area contributed by atoms with E-state index in [0.29, 0.717) is 17.5 Å². The predicted molar refractivity (Wildman–Crippen MR) is 307 cm³/mol. The van der Waals surface area contributed by atoms with E-state index in [1.807, 2.05) is 60.7 Å². The van der Waals surface area contributed by atoms with Crippen molar-refractivity contribution in [2.24, 2.45) is 0 Å². The van der Waals surface area contributed by atoms with Gasteiger partial charge in [0.1, 0.15) is 22.3 Å². The van der Waals surface area contributed by atoms with E-state index in [1.165, 1.54) is 32.9 Å². The fourth-order valence-electron chi connectivity index (χ4n) is 11.1. The van der Waals surface area contributed by atoms with Crippen molar-refractivity contribution in [3.05, 3.63) is 255 Å². The summed E-state index contributed by atoms with van der Waals surface area (Å²) in [4.78, 5) is 15.5. The van der Waals surface area contributed by atoms with E-state index in [-0.39, 0.29) is 0 Å². The number of rotatable bonds is 8. The van der Waals surface area contributed by atoms with Crippen LogP contribution < -0.4 is 0 Å². The zero-order valence-corrected chi connectivity index (χ0v) is 40.4. The van der Waals surface area contributed by atoms with E-state index in [2.05, 4.69) is 199 Å². The Morgan fingerprint density at radius 1 is 0.267 bits per heavy atom. The van der Waals surface area contributed by atoms with E-state index in [4.69, 9.17) is 23.8 Å². The molecule has 6 nitrogen and oxygen atoms in total. The molecule has 0 radical (unpaired) electrons. The topological polar surface area (TPSA) is 69.9 Å². The first-order valence-corrected chi connectivity index (χ1v) is 25.2. The minimum atomic E-state index is 0.566. The number of benzene rings is 11. The van der Waals surface area contributed by atoms with Gasteiger partial charge in [-0.2, -0.15) is 0 Å². The van der Waals surface area contributed by atoms with Crippen LogP contribution in [0, 0.1) is 0 Å². The Bertz CT molecular complexity index is 4700.